The molecule has 4 heteroatoms. The first-order chi connectivity index (χ1) is 6.77. The van der Waals surface area contributed by atoms with Crippen LogP contribution in [0.15, 0.2) is 24.3 Å². The van der Waals surface area contributed by atoms with Crippen LogP contribution in [-0.4, -0.2) is 20.3 Å². The van der Waals surface area contributed by atoms with E-state index in [1.165, 1.54) is 7.05 Å². The van der Waals surface area contributed by atoms with E-state index < -0.39 is 6.09 Å². The molecule has 76 valence electrons. The molecule has 0 aliphatic heterocycles. The molecule has 0 atom stereocenters. The van der Waals surface area contributed by atoms with Crippen LogP contribution in [0.2, 0.25) is 0 Å². The highest BCUT2D eigenvalue weighted by Crippen LogP contribution is 2.17. The number of alkyl carbamates (subject to hydrolysis) is 1. The number of para-hydroxylation sites is 1. The van der Waals surface area contributed by atoms with Gasteiger partial charge in [0.2, 0.25) is 0 Å². The van der Waals surface area contributed by atoms with Gasteiger partial charge in [0.25, 0.3) is 0 Å². The lowest BCUT2D eigenvalue weighted by atomic mass is 10.2. The van der Waals surface area contributed by atoms with Crippen LogP contribution in [0.4, 0.5) is 4.79 Å². The SMILES string of the molecule is CNC(=O)OCc1ccccc1OC. The molecule has 0 radical (unpaired) electrons. The molecule has 0 aliphatic rings. The standard InChI is InChI=1S/C10H13NO3/c1-11-10(12)14-7-8-5-3-4-6-9(8)13-2/h3-6H,7H2,1-2H3,(H,11,12). The van der Waals surface area contributed by atoms with Gasteiger partial charge in [-0.3, -0.25) is 0 Å². The van der Waals surface area contributed by atoms with Crippen LogP contribution in [0.3, 0.4) is 0 Å². The van der Waals surface area contributed by atoms with E-state index in [0.717, 1.165) is 11.3 Å². The number of hydrogen-bond donors (Lipinski definition) is 1. The normalized spacial score (nSPS) is 9.29. The molecular formula is C10H13NO3. The zero-order valence-electron chi connectivity index (χ0n) is 8.24. The topological polar surface area (TPSA) is 47.6 Å². The molecule has 0 aliphatic carbocycles. The first kappa shape index (κ1) is 10.4. The average Bonchev–Trinajstić information content (AvgIpc) is 2.26. The van der Waals surface area contributed by atoms with Crippen molar-refractivity contribution in [1.82, 2.24) is 5.32 Å². The molecule has 0 bridgehead atoms. The number of hydrogen-bond acceptors (Lipinski definition) is 3. The minimum Gasteiger partial charge on any atom is -0.496 e. The molecule has 14 heavy (non-hydrogen) atoms. The molecule has 0 unspecified atom stereocenters. The molecule has 0 aromatic heterocycles. The highest BCUT2D eigenvalue weighted by Gasteiger charge is 2.03. The Kier molecular flexibility index (Phi) is 3.79. The maximum Gasteiger partial charge on any atom is 0.407 e. The predicted octanol–water partition coefficient (Wildman–Crippen LogP) is 1.55. The van der Waals surface area contributed by atoms with Gasteiger partial charge in [-0.1, -0.05) is 18.2 Å². The summed E-state index contributed by atoms with van der Waals surface area (Å²) < 4.78 is 9.99. The zero-order valence-corrected chi connectivity index (χ0v) is 8.24. The van der Waals surface area contributed by atoms with Crippen LogP contribution in [0.25, 0.3) is 0 Å². The van der Waals surface area contributed by atoms with Gasteiger partial charge >= 0.3 is 6.09 Å². The van der Waals surface area contributed by atoms with E-state index in [1.54, 1.807) is 7.11 Å². The lowest BCUT2D eigenvalue weighted by Gasteiger charge is -2.08. The van der Waals surface area contributed by atoms with Gasteiger partial charge in [-0.15, -0.1) is 0 Å². The minimum atomic E-state index is -0.448. The van der Waals surface area contributed by atoms with Crippen molar-refractivity contribution in [3.05, 3.63) is 29.8 Å². The van der Waals surface area contributed by atoms with Crippen LogP contribution in [-0.2, 0) is 11.3 Å². The van der Waals surface area contributed by atoms with E-state index >= 15 is 0 Å². The monoisotopic (exact) mass is 195 g/mol. The number of carbonyl (C=O) groups is 1. The van der Waals surface area contributed by atoms with E-state index in [2.05, 4.69) is 5.32 Å². The Morgan fingerprint density at radius 3 is 2.79 bits per heavy atom. The number of rotatable bonds is 3. The van der Waals surface area contributed by atoms with Crippen molar-refractivity contribution in [3.8, 4) is 5.75 Å². The number of amides is 1. The van der Waals surface area contributed by atoms with Crippen molar-refractivity contribution < 1.29 is 14.3 Å². The van der Waals surface area contributed by atoms with Gasteiger partial charge in [-0.05, 0) is 6.07 Å². The largest absolute Gasteiger partial charge is 0.496 e. The summed E-state index contributed by atoms with van der Waals surface area (Å²) in [5.74, 6) is 0.719. The van der Waals surface area contributed by atoms with Crippen molar-refractivity contribution in [3.63, 3.8) is 0 Å². The predicted molar refractivity (Wildman–Crippen MR) is 52.2 cm³/mol. The van der Waals surface area contributed by atoms with Crippen molar-refractivity contribution in [2.45, 2.75) is 6.61 Å². The number of methoxy groups -OCH3 is 1. The first-order valence-electron chi connectivity index (χ1n) is 4.24. The quantitative estimate of drug-likeness (QED) is 0.796. The Labute approximate surface area is 82.8 Å². The molecule has 1 amide bonds. The summed E-state index contributed by atoms with van der Waals surface area (Å²) in [6, 6.07) is 7.40. The van der Waals surface area contributed by atoms with Crippen LogP contribution in [0.1, 0.15) is 5.56 Å². The van der Waals surface area contributed by atoms with Crippen LogP contribution in [0, 0.1) is 0 Å². The molecule has 1 aromatic carbocycles. The Morgan fingerprint density at radius 2 is 2.14 bits per heavy atom. The van der Waals surface area contributed by atoms with Crippen molar-refractivity contribution in [1.29, 1.82) is 0 Å². The Bertz CT molecular complexity index is 312. The molecule has 0 saturated heterocycles. The average molecular weight is 195 g/mol. The number of carbonyl (C=O) groups excluding carboxylic acids is 1. The highest BCUT2D eigenvalue weighted by molar-refractivity contribution is 5.66. The summed E-state index contributed by atoms with van der Waals surface area (Å²) >= 11 is 0. The van der Waals surface area contributed by atoms with Gasteiger partial charge in [0.1, 0.15) is 12.4 Å². The molecular weight excluding hydrogens is 182 g/mol. The summed E-state index contributed by atoms with van der Waals surface area (Å²) in [4.78, 5) is 10.8. The van der Waals surface area contributed by atoms with E-state index in [-0.39, 0.29) is 6.61 Å². The number of nitrogens with one attached hydrogen (secondary N) is 1. The van der Waals surface area contributed by atoms with Gasteiger partial charge < -0.3 is 14.8 Å². The van der Waals surface area contributed by atoms with Gasteiger partial charge in [0, 0.05) is 12.6 Å². The van der Waals surface area contributed by atoms with Crippen molar-refractivity contribution >= 4 is 6.09 Å². The van der Waals surface area contributed by atoms with Crippen molar-refractivity contribution in [2.75, 3.05) is 14.2 Å². The lowest BCUT2D eigenvalue weighted by molar-refractivity contribution is 0.141. The van der Waals surface area contributed by atoms with Crippen LogP contribution >= 0.6 is 0 Å². The first-order valence-corrected chi connectivity index (χ1v) is 4.24. The molecule has 0 saturated carbocycles. The van der Waals surface area contributed by atoms with Gasteiger partial charge in [0.05, 0.1) is 7.11 Å². The maximum absolute atomic E-state index is 10.8. The van der Waals surface area contributed by atoms with E-state index in [1.807, 2.05) is 24.3 Å². The molecule has 1 rings (SSSR count). The smallest absolute Gasteiger partial charge is 0.407 e. The number of ether oxygens (including phenoxy) is 2. The van der Waals surface area contributed by atoms with Gasteiger partial charge in [0.15, 0.2) is 0 Å². The Hall–Kier alpha value is -1.71. The van der Waals surface area contributed by atoms with E-state index in [0.29, 0.717) is 0 Å². The van der Waals surface area contributed by atoms with Crippen molar-refractivity contribution in [2.24, 2.45) is 0 Å². The second-order valence-corrected chi connectivity index (χ2v) is 2.64. The highest BCUT2D eigenvalue weighted by atomic mass is 16.5. The van der Waals surface area contributed by atoms with Gasteiger partial charge in [-0.2, -0.15) is 0 Å². The molecule has 1 N–H and O–H groups in total. The summed E-state index contributed by atoms with van der Waals surface area (Å²) in [7, 11) is 3.10. The fourth-order valence-corrected chi connectivity index (χ4v) is 1.04. The summed E-state index contributed by atoms with van der Waals surface area (Å²) in [6.07, 6.45) is -0.448. The minimum absolute atomic E-state index is 0.212. The Morgan fingerprint density at radius 1 is 1.43 bits per heavy atom. The molecule has 4 nitrogen and oxygen atoms in total. The molecule has 0 fully saturated rings. The van der Waals surface area contributed by atoms with E-state index in [4.69, 9.17) is 9.47 Å². The fraction of sp³-hybridized carbons (Fsp3) is 0.300. The lowest BCUT2D eigenvalue weighted by Crippen LogP contribution is -2.18. The maximum atomic E-state index is 10.8. The second kappa shape index (κ2) is 5.11. The second-order valence-electron chi connectivity index (χ2n) is 2.64. The Balaban J connectivity index is 2.61. The summed E-state index contributed by atoms with van der Waals surface area (Å²) in [6.45, 7) is 0.212. The zero-order chi connectivity index (χ0) is 10.4. The summed E-state index contributed by atoms with van der Waals surface area (Å²) in [5, 5.41) is 2.37. The van der Waals surface area contributed by atoms with Crippen LogP contribution in [0.5, 0.6) is 5.75 Å². The third-order valence-corrected chi connectivity index (χ3v) is 1.76. The third-order valence-electron chi connectivity index (χ3n) is 1.76. The number of benzene rings is 1. The fourth-order valence-electron chi connectivity index (χ4n) is 1.04. The van der Waals surface area contributed by atoms with Gasteiger partial charge in [-0.25, -0.2) is 4.79 Å². The molecule has 0 spiro atoms. The van der Waals surface area contributed by atoms with Crippen LogP contribution < -0.4 is 10.1 Å². The van der Waals surface area contributed by atoms with E-state index in [9.17, 15) is 4.79 Å². The molecule has 1 aromatic rings. The summed E-state index contributed by atoms with van der Waals surface area (Å²) in [5.41, 5.74) is 0.846. The third kappa shape index (κ3) is 2.65. The molecule has 0 heterocycles.